The number of amides is 1. The second-order valence-electron chi connectivity index (χ2n) is 4.40. The average molecular weight is 194 g/mol. The van der Waals surface area contributed by atoms with E-state index < -0.39 is 0 Å². The maximum absolute atomic E-state index is 11.1. The van der Waals surface area contributed by atoms with Crippen molar-refractivity contribution < 1.29 is 4.79 Å². The van der Waals surface area contributed by atoms with Crippen LogP contribution in [0.3, 0.4) is 0 Å². The molecule has 78 valence electrons. The molecule has 1 unspecified atom stereocenters. The number of nitrogens with zero attached hydrogens (tertiary/aromatic N) is 1. The Morgan fingerprint density at radius 3 is 2.93 bits per heavy atom. The first-order valence-electron chi connectivity index (χ1n) is 5.43. The summed E-state index contributed by atoms with van der Waals surface area (Å²) >= 11 is 0. The Morgan fingerprint density at radius 1 is 1.50 bits per heavy atom. The van der Waals surface area contributed by atoms with Crippen molar-refractivity contribution in [1.29, 1.82) is 0 Å². The van der Waals surface area contributed by atoms with Gasteiger partial charge in [0.15, 0.2) is 0 Å². The highest BCUT2D eigenvalue weighted by Gasteiger charge is 2.29. The molecule has 1 aliphatic heterocycles. The van der Waals surface area contributed by atoms with Crippen LogP contribution in [0.2, 0.25) is 0 Å². The number of hydrogen-bond donors (Lipinski definition) is 1. The van der Waals surface area contributed by atoms with Crippen molar-refractivity contribution in [3.63, 3.8) is 0 Å². The lowest BCUT2D eigenvalue weighted by atomic mass is 10.2. The van der Waals surface area contributed by atoms with E-state index in [0.29, 0.717) is 6.04 Å². The van der Waals surface area contributed by atoms with Crippen LogP contribution in [0.5, 0.6) is 0 Å². The second-order valence-corrected chi connectivity index (χ2v) is 4.40. The molecule has 2 aliphatic rings. The molecule has 1 atom stereocenters. The van der Waals surface area contributed by atoms with Crippen LogP contribution in [-0.2, 0) is 4.79 Å². The van der Waals surface area contributed by atoms with Gasteiger partial charge in [-0.25, -0.2) is 0 Å². The van der Waals surface area contributed by atoms with Crippen molar-refractivity contribution in [2.45, 2.75) is 25.3 Å². The van der Waals surface area contributed by atoms with Gasteiger partial charge in [-0.15, -0.1) is 0 Å². The van der Waals surface area contributed by atoms with Crippen LogP contribution in [0.15, 0.2) is 12.7 Å². The summed E-state index contributed by atoms with van der Waals surface area (Å²) in [6, 6.07) is 0.347. The largest absolute Gasteiger partial charge is 0.349 e. The number of carbonyl (C=O) groups is 1. The van der Waals surface area contributed by atoms with Gasteiger partial charge in [0.05, 0.1) is 0 Å². The van der Waals surface area contributed by atoms with Gasteiger partial charge in [0.1, 0.15) is 0 Å². The molecule has 0 radical (unpaired) electrons. The molecule has 0 bridgehead atoms. The molecule has 1 amide bonds. The summed E-state index contributed by atoms with van der Waals surface area (Å²) in [4.78, 5) is 13.5. The quantitative estimate of drug-likeness (QED) is 0.671. The zero-order valence-corrected chi connectivity index (χ0v) is 8.54. The van der Waals surface area contributed by atoms with Crippen LogP contribution in [0, 0.1) is 5.92 Å². The molecular formula is C11H18N2O. The van der Waals surface area contributed by atoms with E-state index in [-0.39, 0.29) is 5.91 Å². The topological polar surface area (TPSA) is 32.3 Å². The van der Waals surface area contributed by atoms with E-state index >= 15 is 0 Å². The molecule has 1 aliphatic carbocycles. The fourth-order valence-corrected chi connectivity index (χ4v) is 2.04. The van der Waals surface area contributed by atoms with Crippen molar-refractivity contribution in [2.75, 3.05) is 19.6 Å². The van der Waals surface area contributed by atoms with E-state index in [1.165, 1.54) is 25.5 Å². The summed E-state index contributed by atoms with van der Waals surface area (Å²) < 4.78 is 0. The normalized spacial score (nSPS) is 27.6. The second kappa shape index (κ2) is 4.13. The van der Waals surface area contributed by atoms with Crippen LogP contribution in [-0.4, -0.2) is 36.5 Å². The monoisotopic (exact) mass is 194 g/mol. The zero-order valence-electron chi connectivity index (χ0n) is 8.54. The van der Waals surface area contributed by atoms with Crippen molar-refractivity contribution in [2.24, 2.45) is 5.92 Å². The lowest BCUT2D eigenvalue weighted by Gasteiger charge is -2.15. The molecule has 1 N–H and O–H groups in total. The number of rotatable bonds is 4. The molecule has 2 rings (SSSR count). The summed E-state index contributed by atoms with van der Waals surface area (Å²) in [5.74, 6) is 0.909. The highest BCUT2D eigenvalue weighted by atomic mass is 16.1. The molecular weight excluding hydrogens is 176 g/mol. The molecule has 0 aromatic rings. The van der Waals surface area contributed by atoms with Gasteiger partial charge in [-0.2, -0.15) is 0 Å². The molecule has 0 spiro atoms. The maximum atomic E-state index is 11.1. The molecule has 1 saturated carbocycles. The third-order valence-corrected chi connectivity index (χ3v) is 3.02. The Hall–Kier alpha value is -0.830. The van der Waals surface area contributed by atoms with Crippen LogP contribution >= 0.6 is 0 Å². The lowest BCUT2D eigenvalue weighted by molar-refractivity contribution is -0.117. The Bertz CT molecular complexity index is 235. The molecule has 14 heavy (non-hydrogen) atoms. The van der Waals surface area contributed by atoms with Gasteiger partial charge < -0.3 is 10.2 Å². The van der Waals surface area contributed by atoms with E-state index in [1.807, 2.05) is 0 Å². The van der Waals surface area contributed by atoms with Gasteiger partial charge >= 0.3 is 0 Å². The van der Waals surface area contributed by atoms with Gasteiger partial charge in [0.2, 0.25) is 5.91 Å². The van der Waals surface area contributed by atoms with Gasteiger partial charge in [-0.05, 0) is 31.3 Å². The Labute approximate surface area is 85.2 Å². The van der Waals surface area contributed by atoms with Crippen LogP contribution < -0.4 is 5.32 Å². The number of nitrogens with one attached hydrogen (secondary N) is 1. The SMILES string of the molecule is C=CC(=O)NC1CCN(CC2CC2)C1. The standard InChI is InChI=1S/C11H18N2O/c1-2-11(14)12-10-5-6-13(8-10)7-9-3-4-9/h2,9-10H,1,3-8H2,(H,12,14). The summed E-state index contributed by atoms with van der Waals surface area (Å²) in [5.41, 5.74) is 0. The van der Waals surface area contributed by atoms with E-state index in [4.69, 9.17) is 0 Å². The van der Waals surface area contributed by atoms with Gasteiger partial charge in [-0.3, -0.25) is 4.79 Å². The van der Waals surface area contributed by atoms with Crippen molar-refractivity contribution >= 4 is 5.91 Å². The van der Waals surface area contributed by atoms with Crippen LogP contribution in [0.4, 0.5) is 0 Å². The van der Waals surface area contributed by atoms with E-state index in [0.717, 1.165) is 25.4 Å². The first kappa shape index (κ1) is 9.71. The summed E-state index contributed by atoms with van der Waals surface area (Å²) in [5, 5.41) is 2.95. The third kappa shape index (κ3) is 2.58. The fourth-order valence-electron chi connectivity index (χ4n) is 2.04. The van der Waals surface area contributed by atoms with E-state index in [2.05, 4.69) is 16.8 Å². The Morgan fingerprint density at radius 2 is 2.29 bits per heavy atom. The summed E-state index contributed by atoms with van der Waals surface area (Å²) in [6.45, 7) is 6.85. The van der Waals surface area contributed by atoms with Gasteiger partial charge in [-0.1, -0.05) is 6.58 Å². The fraction of sp³-hybridized carbons (Fsp3) is 0.727. The van der Waals surface area contributed by atoms with Gasteiger partial charge in [0.25, 0.3) is 0 Å². The summed E-state index contributed by atoms with van der Waals surface area (Å²) in [6.07, 6.45) is 5.25. The Balaban J connectivity index is 1.70. The van der Waals surface area contributed by atoms with Crippen LogP contribution in [0.1, 0.15) is 19.3 Å². The molecule has 2 fully saturated rings. The first-order valence-corrected chi connectivity index (χ1v) is 5.43. The molecule has 0 aromatic heterocycles. The Kier molecular flexibility index (Phi) is 2.87. The van der Waals surface area contributed by atoms with Crippen molar-refractivity contribution in [1.82, 2.24) is 10.2 Å². The van der Waals surface area contributed by atoms with Crippen molar-refractivity contribution in [3.8, 4) is 0 Å². The minimum absolute atomic E-state index is 0.0386. The number of hydrogen-bond acceptors (Lipinski definition) is 2. The minimum atomic E-state index is -0.0386. The molecule has 0 aromatic carbocycles. The predicted octanol–water partition coefficient (Wildman–Crippen LogP) is 0.773. The minimum Gasteiger partial charge on any atom is -0.349 e. The first-order chi connectivity index (χ1) is 6.78. The predicted molar refractivity (Wildman–Crippen MR) is 55.9 cm³/mol. The zero-order chi connectivity index (χ0) is 9.97. The molecule has 3 nitrogen and oxygen atoms in total. The van der Waals surface area contributed by atoms with E-state index in [9.17, 15) is 4.79 Å². The molecule has 3 heteroatoms. The van der Waals surface area contributed by atoms with Gasteiger partial charge in [0, 0.05) is 25.7 Å². The number of carbonyl (C=O) groups excluding carboxylic acids is 1. The van der Waals surface area contributed by atoms with Crippen molar-refractivity contribution in [3.05, 3.63) is 12.7 Å². The highest BCUT2D eigenvalue weighted by molar-refractivity contribution is 5.87. The highest BCUT2D eigenvalue weighted by Crippen LogP contribution is 2.30. The maximum Gasteiger partial charge on any atom is 0.243 e. The number of likely N-dealkylation sites (tertiary alicyclic amines) is 1. The summed E-state index contributed by atoms with van der Waals surface area (Å²) in [7, 11) is 0. The van der Waals surface area contributed by atoms with E-state index in [1.54, 1.807) is 0 Å². The van der Waals surface area contributed by atoms with Crippen LogP contribution in [0.25, 0.3) is 0 Å². The lowest BCUT2D eigenvalue weighted by Crippen LogP contribution is -2.36. The average Bonchev–Trinajstić information content (AvgIpc) is 2.87. The molecule has 1 saturated heterocycles. The molecule has 1 heterocycles. The third-order valence-electron chi connectivity index (χ3n) is 3.02. The smallest absolute Gasteiger partial charge is 0.243 e.